The largest absolute Gasteiger partial charge is 0.381 e. The highest BCUT2D eigenvalue weighted by atomic mass is 79.9. The Morgan fingerprint density at radius 2 is 2.31 bits per heavy atom. The molecule has 2 atom stereocenters. The number of nitrogens with one attached hydrogen (secondary N) is 1. The van der Waals surface area contributed by atoms with Crippen molar-refractivity contribution >= 4 is 33.4 Å². The third kappa shape index (κ3) is 2.92. The fraction of sp³-hybridized carbons (Fsp3) is 0.500. The van der Waals surface area contributed by atoms with Crippen LogP contribution in [0.1, 0.15) is 19.8 Å². The van der Waals surface area contributed by atoms with Gasteiger partial charge >= 0.3 is 0 Å². The van der Waals surface area contributed by atoms with Gasteiger partial charge in [-0.2, -0.15) is 11.8 Å². The van der Waals surface area contributed by atoms with Gasteiger partial charge in [-0.3, -0.25) is 0 Å². The maximum Gasteiger partial charge on any atom is 0.139 e. The summed E-state index contributed by atoms with van der Waals surface area (Å²) in [5.41, 5.74) is 0.875. The van der Waals surface area contributed by atoms with E-state index in [4.69, 9.17) is 0 Å². The van der Waals surface area contributed by atoms with E-state index >= 15 is 0 Å². The van der Waals surface area contributed by atoms with E-state index in [9.17, 15) is 4.39 Å². The molecule has 1 heterocycles. The number of anilines is 1. The molecular weight excluding hydrogens is 289 g/mol. The molecule has 1 nitrogen and oxygen atoms in total. The maximum absolute atomic E-state index is 13.3. The lowest BCUT2D eigenvalue weighted by Crippen LogP contribution is -2.32. The van der Waals surface area contributed by atoms with Crippen LogP contribution < -0.4 is 5.32 Å². The second kappa shape index (κ2) is 5.41. The first-order valence-corrected chi connectivity index (χ1v) is 7.34. The molecule has 1 saturated heterocycles. The molecule has 1 aliphatic heterocycles. The van der Waals surface area contributed by atoms with Gasteiger partial charge in [0, 0.05) is 17.0 Å². The zero-order chi connectivity index (χ0) is 11.5. The third-order valence-corrected chi connectivity index (χ3v) is 4.90. The highest BCUT2D eigenvalue weighted by Crippen LogP contribution is 2.28. The quantitative estimate of drug-likeness (QED) is 0.875. The highest BCUT2D eigenvalue weighted by Gasteiger charge is 2.21. The molecule has 0 aliphatic carbocycles. The minimum atomic E-state index is -0.207. The van der Waals surface area contributed by atoms with Crippen molar-refractivity contribution in [3.05, 3.63) is 28.5 Å². The van der Waals surface area contributed by atoms with E-state index in [-0.39, 0.29) is 5.82 Å². The number of hydrogen-bond donors (Lipinski definition) is 1. The zero-order valence-electron chi connectivity index (χ0n) is 9.17. The smallest absolute Gasteiger partial charge is 0.139 e. The lowest BCUT2D eigenvalue weighted by Gasteiger charge is -2.30. The topological polar surface area (TPSA) is 12.0 Å². The molecule has 0 radical (unpaired) electrons. The Hall–Kier alpha value is -0.220. The van der Waals surface area contributed by atoms with Crippen molar-refractivity contribution in [3.63, 3.8) is 0 Å². The molecule has 0 amide bonds. The van der Waals surface area contributed by atoms with Gasteiger partial charge < -0.3 is 5.32 Å². The van der Waals surface area contributed by atoms with Crippen molar-refractivity contribution < 1.29 is 4.39 Å². The zero-order valence-corrected chi connectivity index (χ0v) is 11.6. The van der Waals surface area contributed by atoms with Crippen molar-refractivity contribution in [3.8, 4) is 0 Å². The fourth-order valence-corrected chi connectivity index (χ4v) is 3.30. The summed E-state index contributed by atoms with van der Waals surface area (Å²) in [6, 6.07) is 5.67. The lowest BCUT2D eigenvalue weighted by atomic mass is 10.1. The molecule has 1 fully saturated rings. The van der Waals surface area contributed by atoms with Gasteiger partial charge in [-0.25, -0.2) is 4.39 Å². The minimum Gasteiger partial charge on any atom is -0.381 e. The van der Waals surface area contributed by atoms with Gasteiger partial charge in [0.25, 0.3) is 0 Å². The van der Waals surface area contributed by atoms with Crippen LogP contribution in [0.3, 0.4) is 0 Å². The van der Waals surface area contributed by atoms with Crippen molar-refractivity contribution in [2.24, 2.45) is 0 Å². The van der Waals surface area contributed by atoms with Crippen LogP contribution in [0.5, 0.6) is 0 Å². The first-order valence-electron chi connectivity index (χ1n) is 5.50. The molecule has 1 aromatic rings. The Labute approximate surface area is 108 Å². The molecule has 1 N–H and O–H groups in total. The van der Waals surface area contributed by atoms with Crippen molar-refractivity contribution in [2.45, 2.75) is 31.1 Å². The summed E-state index contributed by atoms with van der Waals surface area (Å²) in [5.74, 6) is 1.04. The van der Waals surface area contributed by atoms with Crippen LogP contribution in [0, 0.1) is 5.82 Å². The van der Waals surface area contributed by atoms with E-state index in [1.54, 1.807) is 12.1 Å². The average Bonchev–Trinajstić information content (AvgIpc) is 2.27. The average molecular weight is 304 g/mol. The number of hydrogen-bond acceptors (Lipinski definition) is 2. The van der Waals surface area contributed by atoms with E-state index < -0.39 is 0 Å². The van der Waals surface area contributed by atoms with Crippen LogP contribution >= 0.6 is 27.7 Å². The number of halogens is 2. The van der Waals surface area contributed by atoms with Crippen LogP contribution in [0.15, 0.2) is 22.7 Å². The van der Waals surface area contributed by atoms with E-state index in [1.807, 2.05) is 17.8 Å². The second-order valence-electron chi connectivity index (χ2n) is 4.10. The van der Waals surface area contributed by atoms with Crippen LogP contribution in [0.2, 0.25) is 0 Å². The first-order chi connectivity index (χ1) is 7.66. The predicted octanol–water partition coefficient (Wildman–Crippen LogP) is 4.28. The molecule has 1 aliphatic rings. The second-order valence-corrected chi connectivity index (χ2v) is 6.44. The summed E-state index contributed by atoms with van der Waals surface area (Å²) >= 11 is 5.15. The molecule has 2 unspecified atom stereocenters. The Balaban J connectivity index is 2.05. The molecule has 4 heteroatoms. The Morgan fingerprint density at radius 3 is 3.00 bits per heavy atom. The van der Waals surface area contributed by atoms with Crippen molar-refractivity contribution in [1.82, 2.24) is 0 Å². The standard InChI is InChI=1S/C12H15BrFNS/c1-8-12(3-2-6-16-8)15-9-4-5-10(13)11(14)7-9/h4-5,7-8,12,15H,2-3,6H2,1H3. The van der Waals surface area contributed by atoms with Crippen LogP contribution in [-0.4, -0.2) is 17.0 Å². The summed E-state index contributed by atoms with van der Waals surface area (Å²) in [7, 11) is 0. The van der Waals surface area contributed by atoms with Gasteiger partial charge in [-0.15, -0.1) is 0 Å². The van der Waals surface area contributed by atoms with E-state index in [0.717, 1.165) is 5.69 Å². The van der Waals surface area contributed by atoms with Crippen LogP contribution in [-0.2, 0) is 0 Å². The fourth-order valence-electron chi connectivity index (χ4n) is 1.91. The Morgan fingerprint density at radius 1 is 1.50 bits per heavy atom. The first kappa shape index (κ1) is 12.2. The van der Waals surface area contributed by atoms with Crippen molar-refractivity contribution in [1.29, 1.82) is 0 Å². The normalized spacial score (nSPS) is 25.4. The molecule has 0 saturated carbocycles. The number of thioether (sulfide) groups is 1. The molecule has 1 aromatic carbocycles. The van der Waals surface area contributed by atoms with E-state index in [0.29, 0.717) is 15.8 Å². The molecular formula is C12H15BrFNS. The summed E-state index contributed by atoms with van der Waals surface area (Å²) < 4.78 is 13.9. The predicted molar refractivity (Wildman–Crippen MR) is 72.7 cm³/mol. The van der Waals surface area contributed by atoms with Gasteiger partial charge in [0.2, 0.25) is 0 Å². The molecule has 2 rings (SSSR count). The van der Waals surface area contributed by atoms with Gasteiger partial charge in [0.05, 0.1) is 4.47 Å². The summed E-state index contributed by atoms with van der Waals surface area (Å²) in [6.45, 7) is 2.23. The van der Waals surface area contributed by atoms with Gasteiger partial charge in [0.1, 0.15) is 5.82 Å². The lowest BCUT2D eigenvalue weighted by molar-refractivity contribution is 0.609. The molecule has 0 spiro atoms. The third-order valence-electron chi connectivity index (χ3n) is 2.88. The van der Waals surface area contributed by atoms with Crippen LogP contribution in [0.25, 0.3) is 0 Å². The molecule has 0 aromatic heterocycles. The molecule has 16 heavy (non-hydrogen) atoms. The van der Waals surface area contributed by atoms with Gasteiger partial charge in [-0.1, -0.05) is 6.92 Å². The van der Waals surface area contributed by atoms with E-state index in [1.165, 1.54) is 18.6 Å². The SMILES string of the molecule is CC1SCCCC1Nc1ccc(Br)c(F)c1. The van der Waals surface area contributed by atoms with Crippen molar-refractivity contribution in [2.75, 3.05) is 11.1 Å². The number of benzene rings is 1. The molecule has 88 valence electrons. The minimum absolute atomic E-state index is 0.207. The van der Waals surface area contributed by atoms with Gasteiger partial charge in [0.15, 0.2) is 0 Å². The van der Waals surface area contributed by atoms with E-state index in [2.05, 4.69) is 28.2 Å². The van der Waals surface area contributed by atoms with Gasteiger partial charge in [-0.05, 0) is 52.7 Å². The summed E-state index contributed by atoms with van der Waals surface area (Å²) in [4.78, 5) is 0. The Bertz CT molecular complexity index is 372. The summed E-state index contributed by atoms with van der Waals surface area (Å²) in [5, 5.41) is 4.01. The molecule has 0 bridgehead atoms. The summed E-state index contributed by atoms with van der Waals surface area (Å²) in [6.07, 6.45) is 2.41. The maximum atomic E-state index is 13.3. The highest BCUT2D eigenvalue weighted by molar-refractivity contribution is 9.10. The Kier molecular flexibility index (Phi) is 4.14. The monoisotopic (exact) mass is 303 g/mol. The van der Waals surface area contributed by atoms with Crippen LogP contribution in [0.4, 0.5) is 10.1 Å². The number of rotatable bonds is 2.